The number of nitrogens with zero attached hydrogens (tertiary/aromatic N) is 2. The van der Waals surface area contributed by atoms with Gasteiger partial charge in [-0.15, -0.1) is 0 Å². The van der Waals surface area contributed by atoms with Gasteiger partial charge in [0, 0.05) is 32.1 Å². The zero-order valence-electron chi connectivity index (χ0n) is 15.7. The lowest BCUT2D eigenvalue weighted by Crippen LogP contribution is -2.35. The predicted molar refractivity (Wildman–Crippen MR) is 108 cm³/mol. The lowest BCUT2D eigenvalue weighted by atomic mass is 10.1. The second-order valence-electron chi connectivity index (χ2n) is 6.81. The fraction of sp³-hybridized carbons (Fsp3) is 0.286. The van der Waals surface area contributed by atoms with Crippen molar-refractivity contribution in [2.45, 2.75) is 19.4 Å². The monoisotopic (exact) mass is 399 g/mol. The van der Waals surface area contributed by atoms with E-state index >= 15 is 0 Å². The van der Waals surface area contributed by atoms with E-state index in [2.05, 4.69) is 5.32 Å². The molecule has 0 aromatic heterocycles. The summed E-state index contributed by atoms with van der Waals surface area (Å²) >= 11 is 6.03. The molecule has 0 bridgehead atoms. The highest BCUT2D eigenvalue weighted by Crippen LogP contribution is 2.20. The van der Waals surface area contributed by atoms with Gasteiger partial charge in [0.05, 0.1) is 17.3 Å². The van der Waals surface area contributed by atoms with Gasteiger partial charge in [-0.2, -0.15) is 0 Å². The average molecular weight is 400 g/mol. The number of nitrogens with one attached hydrogen (secondary N) is 1. The lowest BCUT2D eigenvalue weighted by Gasteiger charge is -2.18. The smallest absolute Gasteiger partial charge is 0.254 e. The molecule has 0 atom stereocenters. The van der Waals surface area contributed by atoms with Crippen molar-refractivity contribution in [2.75, 3.05) is 25.5 Å². The van der Waals surface area contributed by atoms with Crippen LogP contribution in [0.2, 0.25) is 5.02 Å². The van der Waals surface area contributed by atoms with Crippen LogP contribution in [-0.4, -0.2) is 47.7 Å². The molecule has 2 aromatic rings. The number of carbonyl (C=O) groups excluding carboxylic acids is 3. The highest BCUT2D eigenvalue weighted by atomic mass is 35.5. The van der Waals surface area contributed by atoms with E-state index in [9.17, 15) is 14.4 Å². The van der Waals surface area contributed by atoms with Crippen molar-refractivity contribution < 1.29 is 14.4 Å². The Hall–Kier alpha value is -2.86. The van der Waals surface area contributed by atoms with Gasteiger partial charge >= 0.3 is 0 Å². The molecule has 28 heavy (non-hydrogen) atoms. The van der Waals surface area contributed by atoms with Crippen molar-refractivity contribution in [3.63, 3.8) is 0 Å². The van der Waals surface area contributed by atoms with Crippen LogP contribution in [-0.2, 0) is 16.1 Å². The van der Waals surface area contributed by atoms with E-state index in [0.717, 1.165) is 18.5 Å². The van der Waals surface area contributed by atoms with Crippen LogP contribution in [0.1, 0.15) is 28.8 Å². The summed E-state index contributed by atoms with van der Waals surface area (Å²) in [6.45, 7) is 1.25. The number of likely N-dealkylation sites (tertiary alicyclic amines) is 1. The third-order valence-electron chi connectivity index (χ3n) is 4.62. The van der Waals surface area contributed by atoms with Crippen LogP contribution < -0.4 is 5.32 Å². The van der Waals surface area contributed by atoms with Crippen LogP contribution in [0.15, 0.2) is 48.5 Å². The molecular weight excluding hydrogens is 378 g/mol. The first-order chi connectivity index (χ1) is 13.4. The molecule has 1 aliphatic heterocycles. The van der Waals surface area contributed by atoms with Crippen molar-refractivity contribution in [2.24, 2.45) is 0 Å². The maximum absolute atomic E-state index is 12.6. The van der Waals surface area contributed by atoms with Crippen LogP contribution in [0.5, 0.6) is 0 Å². The summed E-state index contributed by atoms with van der Waals surface area (Å²) < 4.78 is 0. The first-order valence-electron chi connectivity index (χ1n) is 9.10. The number of amides is 3. The number of likely N-dealkylation sites (N-methyl/N-ethyl adjacent to an activating group) is 1. The average Bonchev–Trinajstić information content (AvgIpc) is 3.08. The molecule has 1 fully saturated rings. The Morgan fingerprint density at radius 2 is 1.86 bits per heavy atom. The summed E-state index contributed by atoms with van der Waals surface area (Å²) in [5.41, 5.74) is 1.98. The summed E-state index contributed by atoms with van der Waals surface area (Å²) in [6, 6.07) is 14.1. The number of carbonyl (C=O) groups is 3. The second kappa shape index (κ2) is 8.89. The summed E-state index contributed by atoms with van der Waals surface area (Å²) in [4.78, 5) is 39.6. The molecule has 7 heteroatoms. The largest absolute Gasteiger partial charge is 0.338 e. The molecule has 1 saturated heterocycles. The molecule has 3 amide bonds. The van der Waals surface area contributed by atoms with Crippen LogP contribution in [0.25, 0.3) is 0 Å². The maximum Gasteiger partial charge on any atom is 0.254 e. The van der Waals surface area contributed by atoms with Gasteiger partial charge in [0.1, 0.15) is 0 Å². The number of halogens is 1. The standard InChI is InChI=1S/C21H22ClN3O3/c1-24(14-19(26)23-18-6-3-2-5-17(18)22)21(28)16-10-8-15(9-11-16)13-25-12-4-7-20(25)27/h2-3,5-6,8-11H,4,7,12-14H2,1H3,(H,23,26). The molecule has 3 rings (SSSR count). The molecule has 1 aliphatic rings. The van der Waals surface area contributed by atoms with Crippen LogP contribution in [0.3, 0.4) is 0 Å². The summed E-state index contributed by atoms with van der Waals surface area (Å²) in [7, 11) is 1.57. The molecule has 2 aromatic carbocycles. The van der Waals surface area contributed by atoms with Crippen molar-refractivity contribution in [1.29, 1.82) is 0 Å². The van der Waals surface area contributed by atoms with Gasteiger partial charge in [-0.05, 0) is 36.2 Å². The van der Waals surface area contributed by atoms with E-state index in [1.165, 1.54) is 4.90 Å². The molecule has 0 aliphatic carbocycles. The Kier molecular flexibility index (Phi) is 6.31. The molecule has 146 valence electrons. The van der Waals surface area contributed by atoms with E-state index in [1.54, 1.807) is 43.4 Å². The van der Waals surface area contributed by atoms with Gasteiger partial charge in [0.15, 0.2) is 0 Å². The minimum Gasteiger partial charge on any atom is -0.338 e. The highest BCUT2D eigenvalue weighted by Gasteiger charge is 2.20. The summed E-state index contributed by atoms with van der Waals surface area (Å²) in [5.74, 6) is -0.407. The number of rotatable bonds is 6. The van der Waals surface area contributed by atoms with Gasteiger partial charge in [0.2, 0.25) is 11.8 Å². The Balaban J connectivity index is 1.56. The minimum atomic E-state index is -0.326. The zero-order valence-corrected chi connectivity index (χ0v) is 16.4. The molecule has 0 saturated carbocycles. The third kappa shape index (κ3) is 4.89. The number of para-hydroxylation sites is 1. The SMILES string of the molecule is CN(CC(=O)Nc1ccccc1Cl)C(=O)c1ccc(CN2CCCC2=O)cc1. The number of hydrogen-bond donors (Lipinski definition) is 1. The Morgan fingerprint density at radius 3 is 2.50 bits per heavy atom. The fourth-order valence-corrected chi connectivity index (χ4v) is 3.29. The van der Waals surface area contributed by atoms with Crippen molar-refractivity contribution in [1.82, 2.24) is 9.80 Å². The van der Waals surface area contributed by atoms with Gasteiger partial charge < -0.3 is 15.1 Å². The second-order valence-corrected chi connectivity index (χ2v) is 7.21. The molecule has 1 N–H and O–H groups in total. The Labute approximate surface area is 169 Å². The van der Waals surface area contributed by atoms with Gasteiger partial charge in [-0.25, -0.2) is 0 Å². The first kappa shape index (κ1) is 19.9. The third-order valence-corrected chi connectivity index (χ3v) is 4.95. The Bertz CT molecular complexity index is 883. The molecule has 1 heterocycles. The molecule has 0 spiro atoms. The Morgan fingerprint density at radius 1 is 1.14 bits per heavy atom. The van der Waals surface area contributed by atoms with Crippen molar-refractivity contribution in [3.8, 4) is 0 Å². The van der Waals surface area contributed by atoms with Gasteiger partial charge in [-0.1, -0.05) is 35.9 Å². The van der Waals surface area contributed by atoms with E-state index in [0.29, 0.717) is 29.2 Å². The number of benzene rings is 2. The van der Waals surface area contributed by atoms with Crippen molar-refractivity contribution in [3.05, 3.63) is 64.7 Å². The fourth-order valence-electron chi connectivity index (χ4n) is 3.10. The quantitative estimate of drug-likeness (QED) is 0.811. The first-order valence-corrected chi connectivity index (χ1v) is 9.48. The van der Waals surface area contributed by atoms with Gasteiger partial charge in [0.25, 0.3) is 5.91 Å². The summed E-state index contributed by atoms with van der Waals surface area (Å²) in [6.07, 6.45) is 1.51. The topological polar surface area (TPSA) is 69.7 Å². The molecule has 0 radical (unpaired) electrons. The number of anilines is 1. The van der Waals surface area contributed by atoms with Crippen LogP contribution in [0.4, 0.5) is 5.69 Å². The number of hydrogen-bond acceptors (Lipinski definition) is 3. The van der Waals surface area contributed by atoms with E-state index < -0.39 is 0 Å². The zero-order chi connectivity index (χ0) is 20.1. The van der Waals surface area contributed by atoms with E-state index in [1.807, 2.05) is 17.0 Å². The highest BCUT2D eigenvalue weighted by molar-refractivity contribution is 6.33. The predicted octanol–water partition coefficient (Wildman–Crippen LogP) is 3.17. The normalized spacial score (nSPS) is 13.5. The van der Waals surface area contributed by atoms with Crippen LogP contribution >= 0.6 is 11.6 Å². The van der Waals surface area contributed by atoms with E-state index in [4.69, 9.17) is 11.6 Å². The van der Waals surface area contributed by atoms with Crippen LogP contribution in [0, 0.1) is 0 Å². The van der Waals surface area contributed by atoms with Crippen molar-refractivity contribution >= 4 is 35.0 Å². The summed E-state index contributed by atoms with van der Waals surface area (Å²) in [5, 5.41) is 3.14. The van der Waals surface area contributed by atoms with Gasteiger partial charge in [-0.3, -0.25) is 14.4 Å². The molecule has 0 unspecified atom stereocenters. The minimum absolute atomic E-state index is 0.0892. The lowest BCUT2D eigenvalue weighted by molar-refractivity contribution is -0.128. The molecular formula is C21H22ClN3O3. The molecule has 6 nitrogen and oxygen atoms in total. The van der Waals surface area contributed by atoms with E-state index in [-0.39, 0.29) is 24.3 Å². The maximum atomic E-state index is 12.6.